The van der Waals surface area contributed by atoms with Crippen molar-refractivity contribution >= 4 is 5.91 Å². The molecule has 0 bridgehead atoms. The Hall–Kier alpha value is -1.39. The van der Waals surface area contributed by atoms with E-state index in [4.69, 9.17) is 0 Å². The molecule has 0 radical (unpaired) electrons. The van der Waals surface area contributed by atoms with E-state index in [2.05, 4.69) is 46.3 Å². The number of nitrogens with zero attached hydrogens (tertiary/aromatic N) is 2. The van der Waals surface area contributed by atoms with Gasteiger partial charge in [-0.25, -0.2) is 0 Å². The van der Waals surface area contributed by atoms with Gasteiger partial charge in [0.25, 0.3) is 0 Å². The third-order valence-electron chi connectivity index (χ3n) is 3.46. The van der Waals surface area contributed by atoms with Crippen LogP contribution in [0.3, 0.4) is 0 Å². The van der Waals surface area contributed by atoms with Gasteiger partial charge in [0.2, 0.25) is 5.91 Å². The Morgan fingerprint density at radius 2 is 1.86 bits per heavy atom. The molecule has 4 nitrogen and oxygen atoms in total. The van der Waals surface area contributed by atoms with E-state index >= 15 is 0 Å². The molecule has 0 unspecified atom stereocenters. The number of rotatable bonds is 10. The lowest BCUT2D eigenvalue weighted by molar-refractivity contribution is -0.121. The fourth-order valence-corrected chi connectivity index (χ4v) is 2.16. The van der Waals surface area contributed by atoms with Crippen LogP contribution in [0.5, 0.6) is 0 Å². The lowest BCUT2D eigenvalue weighted by Crippen LogP contribution is -2.32. The minimum absolute atomic E-state index is 0.153. The number of hydrogen-bond acceptors (Lipinski definition) is 3. The van der Waals surface area contributed by atoms with Gasteiger partial charge in [0.1, 0.15) is 0 Å². The maximum Gasteiger partial charge on any atom is 0.221 e. The van der Waals surface area contributed by atoms with Crippen molar-refractivity contribution in [2.75, 3.05) is 40.3 Å². The Morgan fingerprint density at radius 3 is 2.48 bits per heavy atom. The second-order valence-corrected chi connectivity index (χ2v) is 5.61. The van der Waals surface area contributed by atoms with E-state index in [0.29, 0.717) is 6.42 Å². The Balaban J connectivity index is 2.20. The van der Waals surface area contributed by atoms with Crippen LogP contribution in [0.15, 0.2) is 30.3 Å². The lowest BCUT2D eigenvalue weighted by Gasteiger charge is -2.20. The predicted octanol–water partition coefficient (Wildman–Crippen LogP) is 1.97. The van der Waals surface area contributed by atoms with Gasteiger partial charge in [-0.2, -0.15) is 0 Å². The van der Waals surface area contributed by atoms with Gasteiger partial charge in [-0.1, -0.05) is 37.3 Å². The molecule has 0 saturated carbocycles. The van der Waals surface area contributed by atoms with E-state index in [1.807, 2.05) is 20.2 Å². The molecule has 0 spiro atoms. The lowest BCUT2D eigenvalue weighted by atomic mass is 10.2. The number of carbonyl (C=O) groups excluding carboxylic acids is 1. The number of benzene rings is 1. The highest BCUT2D eigenvalue weighted by Gasteiger charge is 2.07. The van der Waals surface area contributed by atoms with Crippen molar-refractivity contribution < 1.29 is 4.79 Å². The normalized spacial score (nSPS) is 11.1. The molecular weight excluding hydrogens is 262 g/mol. The Morgan fingerprint density at radius 1 is 1.14 bits per heavy atom. The third kappa shape index (κ3) is 8.48. The number of amides is 1. The van der Waals surface area contributed by atoms with Gasteiger partial charge in [-0.05, 0) is 39.2 Å². The zero-order chi connectivity index (χ0) is 15.5. The molecule has 0 saturated heterocycles. The number of carbonyl (C=O) groups is 1. The Labute approximate surface area is 129 Å². The second-order valence-electron chi connectivity index (χ2n) is 5.61. The van der Waals surface area contributed by atoms with Crippen molar-refractivity contribution in [3.8, 4) is 0 Å². The molecule has 1 N–H and O–H groups in total. The summed E-state index contributed by atoms with van der Waals surface area (Å²) in [7, 11) is 4.09. The number of nitrogens with one attached hydrogen (secondary N) is 1. The van der Waals surface area contributed by atoms with Crippen LogP contribution in [-0.4, -0.2) is 56.0 Å². The predicted molar refractivity (Wildman–Crippen MR) is 88.2 cm³/mol. The zero-order valence-corrected chi connectivity index (χ0v) is 13.6. The summed E-state index contributed by atoms with van der Waals surface area (Å²) in [5.74, 6) is 0.153. The summed E-state index contributed by atoms with van der Waals surface area (Å²) in [4.78, 5) is 16.2. The molecule has 4 heteroatoms. The van der Waals surface area contributed by atoms with E-state index in [1.54, 1.807) is 0 Å². The summed E-state index contributed by atoms with van der Waals surface area (Å²) >= 11 is 0. The van der Waals surface area contributed by atoms with Crippen molar-refractivity contribution in [1.82, 2.24) is 15.1 Å². The summed E-state index contributed by atoms with van der Waals surface area (Å²) in [6.07, 6.45) is 1.57. The molecule has 0 atom stereocenters. The van der Waals surface area contributed by atoms with Crippen LogP contribution in [-0.2, 0) is 11.3 Å². The molecule has 0 aliphatic carbocycles. The van der Waals surface area contributed by atoms with Crippen LogP contribution >= 0.6 is 0 Å². The maximum atomic E-state index is 11.8. The minimum Gasteiger partial charge on any atom is -0.356 e. The Bertz CT molecular complexity index is 392. The monoisotopic (exact) mass is 291 g/mol. The van der Waals surface area contributed by atoms with Gasteiger partial charge in [0.15, 0.2) is 0 Å². The molecule has 0 fully saturated rings. The first-order chi connectivity index (χ1) is 10.1. The van der Waals surface area contributed by atoms with Crippen molar-refractivity contribution in [2.24, 2.45) is 0 Å². The van der Waals surface area contributed by atoms with Crippen LogP contribution in [0, 0.1) is 0 Å². The second kappa shape index (κ2) is 10.4. The standard InChI is InChI=1S/C17H29N3O/c1-4-20(15-16-9-6-5-7-10-16)14-11-17(21)18-12-8-13-19(2)3/h5-7,9-10H,4,8,11-15H2,1-3H3,(H,18,21). The van der Waals surface area contributed by atoms with Crippen molar-refractivity contribution in [3.63, 3.8) is 0 Å². The Kier molecular flexibility index (Phi) is 8.71. The average molecular weight is 291 g/mol. The first kappa shape index (κ1) is 17.7. The molecule has 1 amide bonds. The van der Waals surface area contributed by atoms with Crippen LogP contribution in [0.25, 0.3) is 0 Å². The van der Waals surface area contributed by atoms with E-state index < -0.39 is 0 Å². The molecule has 118 valence electrons. The van der Waals surface area contributed by atoms with Gasteiger partial charge in [-0.15, -0.1) is 0 Å². The molecule has 0 aromatic heterocycles. The molecule has 0 heterocycles. The molecule has 0 aliphatic rings. The number of hydrogen-bond donors (Lipinski definition) is 1. The summed E-state index contributed by atoms with van der Waals surface area (Å²) in [6, 6.07) is 10.4. The molecule has 21 heavy (non-hydrogen) atoms. The molecule has 0 aliphatic heterocycles. The van der Waals surface area contributed by atoms with Crippen molar-refractivity contribution in [1.29, 1.82) is 0 Å². The van der Waals surface area contributed by atoms with E-state index in [9.17, 15) is 4.79 Å². The third-order valence-corrected chi connectivity index (χ3v) is 3.46. The fraction of sp³-hybridized carbons (Fsp3) is 0.588. The minimum atomic E-state index is 0.153. The highest BCUT2D eigenvalue weighted by Crippen LogP contribution is 2.04. The van der Waals surface area contributed by atoms with Crippen LogP contribution < -0.4 is 5.32 Å². The average Bonchev–Trinajstić information content (AvgIpc) is 2.48. The molecular formula is C17H29N3O. The van der Waals surface area contributed by atoms with E-state index in [-0.39, 0.29) is 5.91 Å². The van der Waals surface area contributed by atoms with Gasteiger partial charge in [0, 0.05) is 26.1 Å². The highest BCUT2D eigenvalue weighted by molar-refractivity contribution is 5.75. The summed E-state index contributed by atoms with van der Waals surface area (Å²) in [5.41, 5.74) is 1.30. The quantitative estimate of drug-likeness (QED) is 0.670. The summed E-state index contributed by atoms with van der Waals surface area (Å²) in [6.45, 7) is 6.59. The van der Waals surface area contributed by atoms with Crippen LogP contribution in [0.2, 0.25) is 0 Å². The summed E-state index contributed by atoms with van der Waals surface area (Å²) in [5, 5.41) is 2.99. The molecule has 1 aromatic rings. The molecule has 1 aromatic carbocycles. The van der Waals surface area contributed by atoms with Crippen molar-refractivity contribution in [3.05, 3.63) is 35.9 Å². The zero-order valence-electron chi connectivity index (χ0n) is 13.6. The first-order valence-corrected chi connectivity index (χ1v) is 7.79. The molecule has 1 rings (SSSR count). The SMILES string of the molecule is CCN(CCC(=O)NCCCN(C)C)Cc1ccccc1. The summed E-state index contributed by atoms with van der Waals surface area (Å²) < 4.78 is 0. The highest BCUT2D eigenvalue weighted by atomic mass is 16.1. The van der Waals surface area contributed by atoms with Gasteiger partial charge < -0.3 is 10.2 Å². The largest absolute Gasteiger partial charge is 0.356 e. The van der Waals surface area contributed by atoms with Crippen LogP contribution in [0.4, 0.5) is 0 Å². The van der Waals surface area contributed by atoms with Crippen molar-refractivity contribution in [2.45, 2.75) is 26.3 Å². The van der Waals surface area contributed by atoms with Gasteiger partial charge in [-0.3, -0.25) is 9.69 Å². The maximum absolute atomic E-state index is 11.8. The smallest absolute Gasteiger partial charge is 0.221 e. The van der Waals surface area contributed by atoms with Gasteiger partial charge >= 0.3 is 0 Å². The fourth-order valence-electron chi connectivity index (χ4n) is 2.16. The topological polar surface area (TPSA) is 35.6 Å². The van der Waals surface area contributed by atoms with E-state index in [0.717, 1.165) is 39.1 Å². The van der Waals surface area contributed by atoms with E-state index in [1.165, 1.54) is 5.56 Å². The van der Waals surface area contributed by atoms with Gasteiger partial charge in [0.05, 0.1) is 0 Å². The van der Waals surface area contributed by atoms with Crippen LogP contribution in [0.1, 0.15) is 25.3 Å². The first-order valence-electron chi connectivity index (χ1n) is 7.79.